The monoisotopic (exact) mass is 440 g/mol. The summed E-state index contributed by atoms with van der Waals surface area (Å²) in [5.41, 5.74) is 1.34. The van der Waals surface area contributed by atoms with Crippen molar-refractivity contribution in [1.82, 2.24) is 4.98 Å². The Bertz CT molecular complexity index is 1180. The zero-order valence-corrected chi connectivity index (χ0v) is 17.0. The molecule has 0 saturated carbocycles. The van der Waals surface area contributed by atoms with Crippen LogP contribution in [0, 0.1) is 6.92 Å². The number of cyclic esters (lactones) is 1. The fourth-order valence-corrected chi connectivity index (χ4v) is 3.68. The second kappa shape index (κ2) is 8.39. The summed E-state index contributed by atoms with van der Waals surface area (Å²) in [7, 11) is 0. The second-order valence-electron chi connectivity index (χ2n) is 6.73. The number of hydrogen-bond donors (Lipinski definition) is 0. The Kier molecular flexibility index (Phi) is 5.65. The van der Waals surface area contributed by atoms with Crippen molar-refractivity contribution in [2.75, 3.05) is 0 Å². The molecule has 0 saturated heterocycles. The molecule has 0 amide bonds. The zero-order valence-electron chi connectivity index (χ0n) is 16.2. The maximum Gasteiger partial charge on any atom is 0.416 e. The van der Waals surface area contributed by atoms with E-state index in [1.54, 1.807) is 18.3 Å². The van der Waals surface area contributed by atoms with Crippen LogP contribution < -0.4 is 0 Å². The van der Waals surface area contributed by atoms with Crippen LogP contribution >= 0.6 is 11.8 Å². The van der Waals surface area contributed by atoms with E-state index in [2.05, 4.69) is 9.98 Å². The zero-order chi connectivity index (χ0) is 22.0. The van der Waals surface area contributed by atoms with Crippen molar-refractivity contribution in [3.63, 3.8) is 0 Å². The lowest BCUT2D eigenvalue weighted by Crippen LogP contribution is -2.07. The first-order valence-corrected chi connectivity index (χ1v) is 10.0. The molecule has 2 heterocycles. The molecule has 31 heavy (non-hydrogen) atoms. The first-order valence-electron chi connectivity index (χ1n) is 9.19. The quantitative estimate of drug-likeness (QED) is 0.374. The number of aliphatic imine (C=N–C) groups is 1. The van der Waals surface area contributed by atoms with E-state index in [0.717, 1.165) is 22.6 Å². The fourth-order valence-electron chi connectivity index (χ4n) is 2.80. The van der Waals surface area contributed by atoms with Gasteiger partial charge in [0.1, 0.15) is 5.03 Å². The van der Waals surface area contributed by atoms with Gasteiger partial charge in [0.05, 0.1) is 11.1 Å². The number of ether oxygens (including phenoxy) is 1. The molecule has 4 rings (SSSR count). The number of aromatic nitrogens is 1. The molecule has 0 atom stereocenters. The SMILES string of the molecule is Cc1ccc(Sc2ncccc2C2=N/C(=C\c3ccc(C(F)(F)F)cc3)C(=O)O2)cc1. The van der Waals surface area contributed by atoms with Crippen molar-refractivity contribution in [3.8, 4) is 0 Å². The minimum absolute atomic E-state index is 0.00453. The molecule has 0 radical (unpaired) electrons. The number of carbonyl (C=O) groups is 1. The van der Waals surface area contributed by atoms with E-state index in [9.17, 15) is 18.0 Å². The van der Waals surface area contributed by atoms with E-state index >= 15 is 0 Å². The van der Waals surface area contributed by atoms with Crippen LogP contribution in [0.4, 0.5) is 13.2 Å². The van der Waals surface area contributed by atoms with Gasteiger partial charge in [-0.15, -0.1) is 0 Å². The van der Waals surface area contributed by atoms with Crippen LogP contribution in [0.25, 0.3) is 6.08 Å². The van der Waals surface area contributed by atoms with Crippen LogP contribution in [0.3, 0.4) is 0 Å². The summed E-state index contributed by atoms with van der Waals surface area (Å²) in [6.07, 6.45) is -1.40. The Morgan fingerprint density at radius 3 is 2.39 bits per heavy atom. The number of alkyl halides is 3. The number of pyridine rings is 1. The summed E-state index contributed by atoms with van der Waals surface area (Å²) in [6.45, 7) is 2.00. The van der Waals surface area contributed by atoms with Gasteiger partial charge in [0.2, 0.25) is 5.90 Å². The minimum Gasteiger partial charge on any atom is -0.402 e. The van der Waals surface area contributed by atoms with Gasteiger partial charge >= 0.3 is 12.1 Å². The number of carbonyl (C=O) groups excluding carboxylic acids is 1. The minimum atomic E-state index is -4.42. The summed E-state index contributed by atoms with van der Waals surface area (Å²) < 4.78 is 43.5. The Morgan fingerprint density at radius 2 is 1.71 bits per heavy atom. The normalized spacial score (nSPS) is 15.2. The Hall–Kier alpha value is -3.39. The molecule has 4 nitrogen and oxygen atoms in total. The Morgan fingerprint density at radius 1 is 1.00 bits per heavy atom. The van der Waals surface area contributed by atoms with Crippen molar-refractivity contribution >= 4 is 29.7 Å². The number of nitrogens with zero attached hydrogens (tertiary/aromatic N) is 2. The lowest BCUT2D eigenvalue weighted by molar-refractivity contribution is -0.137. The molecule has 1 aromatic heterocycles. The van der Waals surface area contributed by atoms with Gasteiger partial charge in [0.25, 0.3) is 0 Å². The summed E-state index contributed by atoms with van der Waals surface area (Å²) in [4.78, 5) is 21.9. The maximum absolute atomic E-state index is 12.7. The average Bonchev–Trinajstić information content (AvgIpc) is 3.10. The highest BCUT2D eigenvalue weighted by atomic mass is 32.2. The third-order valence-corrected chi connectivity index (χ3v) is 5.43. The largest absolute Gasteiger partial charge is 0.416 e. The number of halogens is 3. The van der Waals surface area contributed by atoms with Crippen LogP contribution in [-0.4, -0.2) is 16.9 Å². The highest BCUT2D eigenvalue weighted by molar-refractivity contribution is 7.99. The molecular formula is C23H15F3N2O2S. The molecule has 0 aliphatic carbocycles. The third-order valence-electron chi connectivity index (χ3n) is 4.40. The van der Waals surface area contributed by atoms with E-state index in [1.165, 1.54) is 30.0 Å². The second-order valence-corrected chi connectivity index (χ2v) is 7.79. The lowest BCUT2D eigenvalue weighted by atomic mass is 10.1. The molecule has 0 spiro atoms. The summed E-state index contributed by atoms with van der Waals surface area (Å²) in [5, 5.41) is 0.619. The van der Waals surface area contributed by atoms with Crippen LogP contribution in [-0.2, 0) is 15.7 Å². The predicted octanol–water partition coefficient (Wildman–Crippen LogP) is 5.90. The standard InChI is InChI=1S/C23H15F3N2O2S/c1-14-4-10-17(11-5-14)31-21-18(3-2-12-27-21)20-28-19(22(29)30-20)13-15-6-8-16(9-7-15)23(24,25)26/h2-13H,1H3/b19-13-. The van der Waals surface area contributed by atoms with Crippen molar-refractivity contribution in [1.29, 1.82) is 0 Å². The molecule has 0 N–H and O–H groups in total. The maximum atomic E-state index is 12.7. The van der Waals surface area contributed by atoms with Gasteiger partial charge in [-0.05, 0) is 55.0 Å². The molecule has 0 unspecified atom stereocenters. The van der Waals surface area contributed by atoms with Gasteiger partial charge in [0.15, 0.2) is 5.70 Å². The fraction of sp³-hybridized carbons (Fsp3) is 0.0870. The highest BCUT2D eigenvalue weighted by Crippen LogP contribution is 2.32. The molecule has 1 aliphatic rings. The number of hydrogen-bond acceptors (Lipinski definition) is 5. The number of aryl methyl sites for hydroxylation is 1. The smallest absolute Gasteiger partial charge is 0.402 e. The van der Waals surface area contributed by atoms with Crippen molar-refractivity contribution in [3.05, 3.63) is 94.8 Å². The predicted molar refractivity (Wildman–Crippen MR) is 112 cm³/mol. The van der Waals surface area contributed by atoms with Crippen LogP contribution in [0.15, 0.2) is 87.5 Å². The summed E-state index contributed by atoms with van der Waals surface area (Å²) in [5.74, 6) is -0.573. The molecule has 8 heteroatoms. The number of rotatable bonds is 4. The van der Waals surface area contributed by atoms with Gasteiger partial charge in [-0.1, -0.05) is 41.6 Å². The van der Waals surface area contributed by atoms with Crippen molar-refractivity contribution < 1.29 is 22.7 Å². The van der Waals surface area contributed by atoms with E-state index in [0.29, 0.717) is 16.2 Å². The van der Waals surface area contributed by atoms with Crippen LogP contribution in [0.5, 0.6) is 0 Å². The van der Waals surface area contributed by atoms with Gasteiger partial charge in [0, 0.05) is 11.1 Å². The molecule has 3 aromatic rings. The topological polar surface area (TPSA) is 51.5 Å². The lowest BCUT2D eigenvalue weighted by Gasteiger charge is -2.07. The van der Waals surface area contributed by atoms with Gasteiger partial charge in [-0.25, -0.2) is 14.8 Å². The summed E-state index contributed by atoms with van der Waals surface area (Å²) >= 11 is 1.41. The van der Waals surface area contributed by atoms with E-state index < -0.39 is 17.7 Å². The first kappa shape index (κ1) is 20.9. The Labute approximate surface area is 180 Å². The molecule has 156 valence electrons. The van der Waals surface area contributed by atoms with E-state index in [1.807, 2.05) is 31.2 Å². The molecule has 1 aliphatic heterocycles. The molecule has 0 bridgehead atoms. The van der Waals surface area contributed by atoms with Crippen molar-refractivity contribution in [2.45, 2.75) is 23.0 Å². The third kappa shape index (κ3) is 4.86. The molecular weight excluding hydrogens is 425 g/mol. The number of benzene rings is 2. The van der Waals surface area contributed by atoms with E-state index in [-0.39, 0.29) is 11.6 Å². The van der Waals surface area contributed by atoms with Crippen LogP contribution in [0.1, 0.15) is 22.3 Å². The van der Waals surface area contributed by atoms with E-state index in [4.69, 9.17) is 4.74 Å². The molecule has 0 fully saturated rings. The van der Waals surface area contributed by atoms with Gasteiger partial charge in [-0.2, -0.15) is 13.2 Å². The van der Waals surface area contributed by atoms with Gasteiger partial charge < -0.3 is 4.74 Å². The van der Waals surface area contributed by atoms with Crippen LogP contribution in [0.2, 0.25) is 0 Å². The van der Waals surface area contributed by atoms with Crippen molar-refractivity contribution in [2.24, 2.45) is 4.99 Å². The molecule has 2 aromatic carbocycles. The van der Waals surface area contributed by atoms with Gasteiger partial charge in [-0.3, -0.25) is 0 Å². The number of esters is 1. The summed E-state index contributed by atoms with van der Waals surface area (Å²) in [6, 6.07) is 15.8. The first-order chi connectivity index (χ1) is 14.8. The average molecular weight is 440 g/mol. The Balaban J connectivity index is 1.61. The highest BCUT2D eigenvalue weighted by Gasteiger charge is 2.30.